The van der Waals surface area contributed by atoms with Crippen LogP contribution in [-0.4, -0.2) is 33.0 Å². The fourth-order valence-corrected chi connectivity index (χ4v) is 0.792. The summed E-state index contributed by atoms with van der Waals surface area (Å²) in [6.07, 6.45) is 0.214. The standard InChI is InChI=1S/C10H19BO3/c1-9(2)13-11(14-10(3)4)7-6-8-12-5/h9-10H,8H2,1-5H3. The van der Waals surface area contributed by atoms with Crippen LogP contribution < -0.4 is 0 Å². The third-order valence-electron chi connectivity index (χ3n) is 1.23. The van der Waals surface area contributed by atoms with Gasteiger partial charge >= 0.3 is 7.12 Å². The van der Waals surface area contributed by atoms with Gasteiger partial charge in [-0.05, 0) is 27.7 Å². The quantitative estimate of drug-likeness (QED) is 0.495. The van der Waals surface area contributed by atoms with Crippen LogP contribution in [0.15, 0.2) is 0 Å². The monoisotopic (exact) mass is 198 g/mol. The maximum absolute atomic E-state index is 5.46. The van der Waals surface area contributed by atoms with E-state index in [1.54, 1.807) is 7.11 Å². The summed E-state index contributed by atoms with van der Waals surface area (Å²) in [5.41, 5.74) is 0. The van der Waals surface area contributed by atoms with Gasteiger partial charge in [0, 0.05) is 19.3 Å². The molecule has 0 aromatic rings. The van der Waals surface area contributed by atoms with Crippen molar-refractivity contribution in [1.82, 2.24) is 0 Å². The zero-order chi connectivity index (χ0) is 11.0. The van der Waals surface area contributed by atoms with Crippen LogP contribution >= 0.6 is 0 Å². The second kappa shape index (κ2) is 7.87. The molecular weight excluding hydrogens is 179 g/mol. The van der Waals surface area contributed by atoms with E-state index in [-0.39, 0.29) is 12.2 Å². The molecule has 0 aliphatic heterocycles. The minimum Gasteiger partial charge on any atom is -0.398 e. The van der Waals surface area contributed by atoms with Crippen LogP contribution in [0, 0.1) is 11.7 Å². The van der Waals surface area contributed by atoms with Crippen LogP contribution in [0.5, 0.6) is 0 Å². The van der Waals surface area contributed by atoms with Crippen molar-refractivity contribution in [2.24, 2.45) is 0 Å². The highest BCUT2D eigenvalue weighted by Crippen LogP contribution is 1.98. The molecule has 0 rings (SSSR count). The van der Waals surface area contributed by atoms with Crippen LogP contribution in [0.1, 0.15) is 27.7 Å². The van der Waals surface area contributed by atoms with Crippen molar-refractivity contribution < 1.29 is 14.0 Å². The van der Waals surface area contributed by atoms with Crippen molar-refractivity contribution >= 4 is 7.12 Å². The first kappa shape index (κ1) is 13.5. The molecule has 4 heteroatoms. The van der Waals surface area contributed by atoms with Crippen LogP contribution in [0.25, 0.3) is 0 Å². The Balaban J connectivity index is 4.05. The minimum absolute atomic E-state index is 0.107. The van der Waals surface area contributed by atoms with E-state index in [0.29, 0.717) is 6.61 Å². The smallest absolute Gasteiger partial charge is 0.398 e. The Morgan fingerprint density at radius 2 is 1.57 bits per heavy atom. The molecule has 0 N–H and O–H groups in total. The normalized spacial score (nSPS) is 10.2. The molecule has 0 aromatic carbocycles. The van der Waals surface area contributed by atoms with E-state index >= 15 is 0 Å². The summed E-state index contributed by atoms with van der Waals surface area (Å²) < 4.78 is 15.7. The summed E-state index contributed by atoms with van der Waals surface area (Å²) in [5.74, 6) is 5.69. The number of ether oxygens (including phenoxy) is 1. The molecule has 80 valence electrons. The van der Waals surface area contributed by atoms with E-state index in [4.69, 9.17) is 14.0 Å². The zero-order valence-electron chi connectivity index (χ0n) is 9.66. The molecule has 0 bridgehead atoms. The number of hydrogen-bond donors (Lipinski definition) is 0. The molecule has 0 aliphatic rings. The van der Waals surface area contributed by atoms with Gasteiger partial charge in [-0.1, -0.05) is 11.7 Å². The highest BCUT2D eigenvalue weighted by Gasteiger charge is 2.18. The van der Waals surface area contributed by atoms with Crippen molar-refractivity contribution in [3.05, 3.63) is 0 Å². The molecule has 0 atom stereocenters. The Morgan fingerprint density at radius 3 is 1.93 bits per heavy atom. The summed E-state index contributed by atoms with van der Waals surface area (Å²) in [5, 5.41) is 0. The first-order valence-corrected chi connectivity index (χ1v) is 4.84. The minimum atomic E-state index is -0.454. The van der Waals surface area contributed by atoms with Gasteiger partial charge in [0.2, 0.25) is 0 Å². The zero-order valence-corrected chi connectivity index (χ0v) is 9.66. The van der Waals surface area contributed by atoms with Crippen molar-refractivity contribution in [3.63, 3.8) is 0 Å². The average molecular weight is 198 g/mol. The van der Waals surface area contributed by atoms with Gasteiger partial charge in [-0.2, -0.15) is 0 Å². The first-order chi connectivity index (χ1) is 6.56. The molecule has 0 heterocycles. The molecule has 0 saturated heterocycles. The summed E-state index contributed by atoms with van der Waals surface area (Å²) >= 11 is 0. The van der Waals surface area contributed by atoms with Gasteiger partial charge in [0.1, 0.15) is 6.61 Å². The van der Waals surface area contributed by atoms with Crippen LogP contribution in [-0.2, 0) is 14.0 Å². The first-order valence-electron chi connectivity index (χ1n) is 4.84. The molecule has 3 nitrogen and oxygen atoms in total. The molecule has 0 saturated carbocycles. The van der Waals surface area contributed by atoms with Crippen LogP contribution in [0.3, 0.4) is 0 Å². The van der Waals surface area contributed by atoms with Gasteiger partial charge < -0.3 is 14.0 Å². The lowest BCUT2D eigenvalue weighted by Gasteiger charge is -2.14. The highest BCUT2D eigenvalue weighted by molar-refractivity contribution is 6.54. The van der Waals surface area contributed by atoms with Crippen molar-refractivity contribution in [1.29, 1.82) is 0 Å². The molecule has 0 radical (unpaired) electrons. The molecule has 14 heavy (non-hydrogen) atoms. The number of methoxy groups -OCH3 is 1. The molecule has 0 fully saturated rings. The SMILES string of the molecule is COCC#CB(OC(C)C)OC(C)C. The molecular formula is C10H19BO3. The third kappa shape index (κ3) is 8.12. The lowest BCUT2D eigenvalue weighted by atomic mass is 9.90. The van der Waals surface area contributed by atoms with Crippen molar-refractivity contribution in [2.75, 3.05) is 13.7 Å². The maximum Gasteiger partial charge on any atom is 0.550 e. The molecule has 0 spiro atoms. The fourth-order valence-electron chi connectivity index (χ4n) is 0.792. The molecule has 0 amide bonds. The van der Waals surface area contributed by atoms with Crippen molar-refractivity contribution in [2.45, 2.75) is 39.9 Å². The van der Waals surface area contributed by atoms with E-state index < -0.39 is 7.12 Å². The number of rotatable bonds is 5. The maximum atomic E-state index is 5.46. The second-order valence-electron chi connectivity index (χ2n) is 3.46. The topological polar surface area (TPSA) is 27.7 Å². The summed E-state index contributed by atoms with van der Waals surface area (Å²) in [6.45, 7) is 8.21. The molecule has 0 aliphatic carbocycles. The van der Waals surface area contributed by atoms with E-state index in [0.717, 1.165) is 0 Å². The van der Waals surface area contributed by atoms with Gasteiger partial charge in [-0.25, -0.2) is 0 Å². The predicted molar refractivity (Wildman–Crippen MR) is 57.8 cm³/mol. The summed E-state index contributed by atoms with van der Waals surface area (Å²) in [7, 11) is 1.15. The Bertz CT molecular complexity index is 183. The van der Waals surface area contributed by atoms with Gasteiger partial charge in [-0.15, -0.1) is 0 Å². The van der Waals surface area contributed by atoms with Crippen LogP contribution in [0.4, 0.5) is 0 Å². The van der Waals surface area contributed by atoms with Crippen molar-refractivity contribution in [3.8, 4) is 11.7 Å². The van der Waals surface area contributed by atoms with Crippen LogP contribution in [0.2, 0.25) is 0 Å². The largest absolute Gasteiger partial charge is 0.550 e. The Kier molecular flexibility index (Phi) is 7.59. The molecule has 0 unspecified atom stereocenters. The van der Waals surface area contributed by atoms with Gasteiger partial charge in [-0.3, -0.25) is 0 Å². The van der Waals surface area contributed by atoms with Gasteiger partial charge in [0.25, 0.3) is 0 Å². The second-order valence-corrected chi connectivity index (χ2v) is 3.46. The van der Waals surface area contributed by atoms with Gasteiger partial charge in [0.15, 0.2) is 0 Å². The van der Waals surface area contributed by atoms with E-state index in [2.05, 4.69) is 11.7 Å². The Morgan fingerprint density at radius 1 is 1.07 bits per heavy atom. The Labute approximate surface area is 87.3 Å². The van der Waals surface area contributed by atoms with E-state index in [1.807, 2.05) is 27.7 Å². The summed E-state index contributed by atoms with van der Waals surface area (Å²) in [6, 6.07) is 0. The van der Waals surface area contributed by atoms with E-state index in [1.165, 1.54) is 0 Å². The fraction of sp³-hybridized carbons (Fsp3) is 0.800. The lowest BCUT2D eigenvalue weighted by Crippen LogP contribution is -2.28. The predicted octanol–water partition coefficient (Wildman–Crippen LogP) is 1.51. The molecule has 0 aromatic heterocycles. The van der Waals surface area contributed by atoms with E-state index in [9.17, 15) is 0 Å². The number of hydrogen-bond acceptors (Lipinski definition) is 3. The average Bonchev–Trinajstić information content (AvgIpc) is 2.02. The Hall–Kier alpha value is -0.495. The highest BCUT2D eigenvalue weighted by atomic mass is 16.6. The van der Waals surface area contributed by atoms with Gasteiger partial charge in [0.05, 0.1) is 0 Å². The third-order valence-corrected chi connectivity index (χ3v) is 1.23. The summed E-state index contributed by atoms with van der Waals surface area (Å²) in [4.78, 5) is 0. The lowest BCUT2D eigenvalue weighted by molar-refractivity contribution is 0.139.